The van der Waals surface area contributed by atoms with Gasteiger partial charge in [-0.25, -0.2) is 4.79 Å². The molecule has 0 aliphatic carbocycles. The molecule has 0 heterocycles. The average Bonchev–Trinajstić information content (AvgIpc) is 1.82. The number of nitrogens with zero attached hydrogens (tertiary/aromatic N) is 1. The Morgan fingerprint density at radius 3 is 2.40 bits per heavy atom. The summed E-state index contributed by atoms with van der Waals surface area (Å²) in [5, 5.41) is 3.48. The smallest absolute Gasteiger partial charge is 0.317 e. The lowest BCUT2D eigenvalue weighted by Gasteiger charge is -1.97. The fourth-order valence-electron chi connectivity index (χ4n) is 0.209. The van der Waals surface area contributed by atoms with Gasteiger partial charge in [0.05, 0.1) is 5.71 Å². The van der Waals surface area contributed by atoms with Gasteiger partial charge in [-0.1, -0.05) is 21.1 Å². The SMILES string of the molecule is CC(C)=NOC(=O)C(C)Br. The summed E-state index contributed by atoms with van der Waals surface area (Å²) in [5.41, 5.74) is 0.724. The Hall–Kier alpha value is -0.380. The van der Waals surface area contributed by atoms with Crippen LogP contribution in [-0.2, 0) is 9.63 Å². The second kappa shape index (κ2) is 4.44. The lowest BCUT2D eigenvalue weighted by atomic mass is 10.5. The van der Waals surface area contributed by atoms with Crippen LogP contribution in [0.3, 0.4) is 0 Å². The van der Waals surface area contributed by atoms with Crippen molar-refractivity contribution in [2.75, 3.05) is 0 Å². The molecule has 0 aliphatic heterocycles. The van der Waals surface area contributed by atoms with Gasteiger partial charge >= 0.3 is 5.97 Å². The Morgan fingerprint density at radius 2 is 2.10 bits per heavy atom. The van der Waals surface area contributed by atoms with Gasteiger partial charge < -0.3 is 4.84 Å². The molecule has 0 radical (unpaired) electrons. The Morgan fingerprint density at radius 1 is 1.60 bits per heavy atom. The zero-order valence-electron chi connectivity index (χ0n) is 6.22. The summed E-state index contributed by atoms with van der Waals surface area (Å²) in [7, 11) is 0. The van der Waals surface area contributed by atoms with Gasteiger partial charge in [-0.15, -0.1) is 0 Å². The Balaban J connectivity index is 3.71. The van der Waals surface area contributed by atoms with Crippen LogP contribution < -0.4 is 0 Å². The minimum Gasteiger partial charge on any atom is -0.317 e. The molecule has 0 aromatic rings. The van der Waals surface area contributed by atoms with Gasteiger partial charge in [0.2, 0.25) is 0 Å². The van der Waals surface area contributed by atoms with Crippen LogP contribution in [0.15, 0.2) is 5.16 Å². The Labute approximate surface area is 68.6 Å². The monoisotopic (exact) mass is 207 g/mol. The highest BCUT2D eigenvalue weighted by atomic mass is 79.9. The van der Waals surface area contributed by atoms with Gasteiger partial charge in [-0.05, 0) is 20.8 Å². The molecule has 4 heteroatoms. The molecule has 10 heavy (non-hydrogen) atoms. The molecule has 0 saturated carbocycles. The zero-order chi connectivity index (χ0) is 8.15. The summed E-state index contributed by atoms with van der Waals surface area (Å²) in [5.74, 6) is -0.374. The minimum atomic E-state index is -0.374. The maximum absolute atomic E-state index is 10.7. The van der Waals surface area contributed by atoms with E-state index in [9.17, 15) is 4.79 Å². The van der Waals surface area contributed by atoms with Crippen molar-refractivity contribution in [2.24, 2.45) is 5.16 Å². The van der Waals surface area contributed by atoms with E-state index < -0.39 is 0 Å². The molecule has 0 N–H and O–H groups in total. The van der Waals surface area contributed by atoms with Crippen LogP contribution >= 0.6 is 15.9 Å². The van der Waals surface area contributed by atoms with E-state index in [2.05, 4.69) is 25.9 Å². The standard InChI is InChI=1S/C6H10BrNO2/c1-4(2)8-10-6(9)5(3)7/h5H,1-3H3. The average molecular weight is 208 g/mol. The number of hydrogen-bond acceptors (Lipinski definition) is 3. The van der Waals surface area contributed by atoms with Gasteiger partial charge in [-0.3, -0.25) is 0 Å². The predicted octanol–water partition coefficient (Wildman–Crippen LogP) is 1.71. The van der Waals surface area contributed by atoms with E-state index in [1.54, 1.807) is 20.8 Å². The summed E-state index contributed by atoms with van der Waals surface area (Å²) in [6, 6.07) is 0. The van der Waals surface area contributed by atoms with Crippen LogP contribution in [0, 0.1) is 0 Å². The third-order valence-corrected chi connectivity index (χ3v) is 1.02. The summed E-state index contributed by atoms with van der Waals surface area (Å²) >= 11 is 3.05. The minimum absolute atomic E-state index is 0.296. The van der Waals surface area contributed by atoms with Crippen molar-refractivity contribution < 1.29 is 9.63 Å². The molecular weight excluding hydrogens is 198 g/mol. The number of hydrogen-bond donors (Lipinski definition) is 0. The van der Waals surface area contributed by atoms with E-state index in [0.29, 0.717) is 0 Å². The van der Waals surface area contributed by atoms with E-state index >= 15 is 0 Å². The number of carbonyl (C=O) groups excluding carboxylic acids is 1. The van der Waals surface area contributed by atoms with Crippen molar-refractivity contribution in [3.8, 4) is 0 Å². The fraction of sp³-hybridized carbons (Fsp3) is 0.667. The maximum Gasteiger partial charge on any atom is 0.348 e. The van der Waals surface area contributed by atoms with Crippen molar-refractivity contribution >= 4 is 27.6 Å². The van der Waals surface area contributed by atoms with Gasteiger partial charge in [0, 0.05) is 0 Å². The number of carbonyl (C=O) groups is 1. The van der Waals surface area contributed by atoms with E-state index in [4.69, 9.17) is 0 Å². The zero-order valence-corrected chi connectivity index (χ0v) is 7.81. The molecule has 0 amide bonds. The molecule has 0 bridgehead atoms. The van der Waals surface area contributed by atoms with Crippen molar-refractivity contribution in [2.45, 2.75) is 25.6 Å². The first-order valence-electron chi connectivity index (χ1n) is 2.90. The Kier molecular flexibility index (Phi) is 4.27. The van der Waals surface area contributed by atoms with Gasteiger partial charge in [0.15, 0.2) is 0 Å². The molecule has 0 fully saturated rings. The summed E-state index contributed by atoms with van der Waals surface area (Å²) in [6.07, 6.45) is 0. The van der Waals surface area contributed by atoms with Gasteiger partial charge in [0.1, 0.15) is 4.83 Å². The maximum atomic E-state index is 10.7. The van der Waals surface area contributed by atoms with E-state index in [1.807, 2.05) is 0 Å². The van der Waals surface area contributed by atoms with Crippen LogP contribution in [0.5, 0.6) is 0 Å². The molecule has 1 atom stereocenters. The molecule has 58 valence electrons. The predicted molar refractivity (Wildman–Crippen MR) is 43.3 cm³/mol. The highest BCUT2D eigenvalue weighted by Gasteiger charge is 2.08. The molecule has 0 aromatic heterocycles. The van der Waals surface area contributed by atoms with Gasteiger partial charge in [0.25, 0.3) is 0 Å². The second-order valence-corrected chi connectivity index (χ2v) is 3.44. The Bertz CT molecular complexity index is 150. The number of rotatable bonds is 2. The third-order valence-electron chi connectivity index (χ3n) is 0.643. The van der Waals surface area contributed by atoms with Crippen LogP contribution in [0.2, 0.25) is 0 Å². The fourth-order valence-corrected chi connectivity index (χ4v) is 0.292. The van der Waals surface area contributed by atoms with E-state index in [0.717, 1.165) is 5.71 Å². The first-order chi connectivity index (χ1) is 4.54. The summed E-state index contributed by atoms with van der Waals surface area (Å²) in [4.78, 5) is 14.8. The number of oxime groups is 1. The second-order valence-electron chi connectivity index (χ2n) is 2.06. The first kappa shape index (κ1) is 9.62. The lowest BCUT2D eigenvalue weighted by Crippen LogP contribution is -2.11. The number of halogens is 1. The summed E-state index contributed by atoms with van der Waals surface area (Å²) < 4.78 is 0. The molecule has 3 nitrogen and oxygen atoms in total. The third kappa shape index (κ3) is 4.49. The van der Waals surface area contributed by atoms with Crippen LogP contribution in [-0.4, -0.2) is 16.5 Å². The number of alkyl halides is 1. The van der Waals surface area contributed by atoms with Crippen LogP contribution in [0.25, 0.3) is 0 Å². The molecule has 0 spiro atoms. The normalized spacial score (nSPS) is 12.0. The molecule has 0 aromatic carbocycles. The topological polar surface area (TPSA) is 38.7 Å². The van der Waals surface area contributed by atoms with E-state index in [1.165, 1.54) is 0 Å². The van der Waals surface area contributed by atoms with Crippen molar-refractivity contribution in [1.29, 1.82) is 0 Å². The van der Waals surface area contributed by atoms with Crippen LogP contribution in [0.4, 0.5) is 0 Å². The highest BCUT2D eigenvalue weighted by Crippen LogP contribution is 1.99. The quantitative estimate of drug-likeness (QED) is 0.300. The highest BCUT2D eigenvalue weighted by molar-refractivity contribution is 9.10. The largest absolute Gasteiger partial charge is 0.348 e. The molecule has 0 rings (SSSR count). The van der Waals surface area contributed by atoms with Crippen molar-refractivity contribution in [3.63, 3.8) is 0 Å². The first-order valence-corrected chi connectivity index (χ1v) is 3.81. The molecular formula is C6H10BrNO2. The van der Waals surface area contributed by atoms with Crippen molar-refractivity contribution in [1.82, 2.24) is 0 Å². The molecule has 1 unspecified atom stereocenters. The summed E-state index contributed by atoms with van der Waals surface area (Å²) in [6.45, 7) is 5.20. The lowest BCUT2D eigenvalue weighted by molar-refractivity contribution is -0.142. The van der Waals surface area contributed by atoms with Crippen molar-refractivity contribution in [3.05, 3.63) is 0 Å². The van der Waals surface area contributed by atoms with E-state index in [-0.39, 0.29) is 10.8 Å². The van der Waals surface area contributed by atoms with Crippen LogP contribution in [0.1, 0.15) is 20.8 Å². The molecule has 0 aliphatic rings. The molecule has 0 saturated heterocycles. The van der Waals surface area contributed by atoms with Gasteiger partial charge in [-0.2, -0.15) is 0 Å².